The van der Waals surface area contributed by atoms with Gasteiger partial charge in [0.25, 0.3) is 11.8 Å². The molecule has 1 saturated heterocycles. The molecule has 31 heavy (non-hydrogen) atoms. The van der Waals surface area contributed by atoms with Gasteiger partial charge < -0.3 is 10.6 Å². The zero-order valence-corrected chi connectivity index (χ0v) is 16.0. The topological polar surface area (TPSA) is 87.3 Å². The number of carbonyl (C=O) groups is 3. The number of halogens is 4. The molecule has 1 aliphatic heterocycles. The zero-order chi connectivity index (χ0) is 22.4. The maximum absolute atomic E-state index is 14.6. The van der Waals surface area contributed by atoms with E-state index < -0.39 is 40.9 Å². The number of hydrogen-bond acceptors (Lipinski definition) is 3. The normalized spacial score (nSPS) is 20.9. The summed E-state index contributed by atoms with van der Waals surface area (Å²) in [5.41, 5.74) is -2.33. The molecule has 6 nitrogen and oxygen atoms in total. The van der Waals surface area contributed by atoms with Crippen molar-refractivity contribution in [1.82, 2.24) is 16.0 Å². The summed E-state index contributed by atoms with van der Waals surface area (Å²) in [6.07, 6.45) is -3.13. The highest BCUT2D eigenvalue weighted by Gasteiger charge is 2.56. The summed E-state index contributed by atoms with van der Waals surface area (Å²) in [4.78, 5) is 36.8. The van der Waals surface area contributed by atoms with Gasteiger partial charge in [0.05, 0.1) is 17.7 Å². The van der Waals surface area contributed by atoms with Gasteiger partial charge in [0.15, 0.2) is 0 Å². The molecule has 2 fully saturated rings. The molecule has 1 saturated carbocycles. The summed E-state index contributed by atoms with van der Waals surface area (Å²) in [7, 11) is 0. The van der Waals surface area contributed by atoms with Crippen LogP contribution >= 0.6 is 0 Å². The van der Waals surface area contributed by atoms with Gasteiger partial charge in [-0.05, 0) is 48.6 Å². The predicted octanol–water partition coefficient (Wildman–Crippen LogP) is 3.23. The monoisotopic (exact) mass is 435 g/mol. The Kier molecular flexibility index (Phi) is 4.95. The highest BCUT2D eigenvalue weighted by atomic mass is 19.4. The summed E-state index contributed by atoms with van der Waals surface area (Å²) in [6, 6.07) is 6.89. The third-order valence-electron chi connectivity index (χ3n) is 5.53. The van der Waals surface area contributed by atoms with Gasteiger partial charge in [0.2, 0.25) is 0 Å². The van der Waals surface area contributed by atoms with Gasteiger partial charge in [0, 0.05) is 5.56 Å². The third kappa shape index (κ3) is 3.85. The van der Waals surface area contributed by atoms with E-state index in [1.165, 1.54) is 12.1 Å². The standard InChI is InChI=1S/C21H17F4N3O3/c22-15-3-1-2-14(16(15)11-4-6-13(7-5-11)21(23,24)25)17(29)26-10-20(12-8-9-12)18(30)27-19(31)28-20/h1-7,12H,8-10H2,(H,26,29)(H2,27,28,30,31)/t20-/m0/s1. The average Bonchev–Trinajstić information content (AvgIpc) is 3.51. The molecule has 0 radical (unpaired) electrons. The number of nitrogens with one attached hydrogen (secondary N) is 3. The Morgan fingerprint density at radius 1 is 1.10 bits per heavy atom. The van der Waals surface area contributed by atoms with Crippen LogP contribution in [0.2, 0.25) is 0 Å². The van der Waals surface area contributed by atoms with Crippen molar-refractivity contribution in [3.05, 3.63) is 59.4 Å². The third-order valence-corrected chi connectivity index (χ3v) is 5.53. The first-order chi connectivity index (χ1) is 14.6. The first-order valence-corrected chi connectivity index (χ1v) is 9.50. The molecule has 1 heterocycles. The van der Waals surface area contributed by atoms with Crippen LogP contribution in [0.15, 0.2) is 42.5 Å². The SMILES string of the molecule is O=C1NC(=O)[C@](CNC(=O)c2cccc(F)c2-c2ccc(C(F)(F)F)cc2)(C2CC2)N1. The Hall–Kier alpha value is -3.43. The molecule has 3 N–H and O–H groups in total. The van der Waals surface area contributed by atoms with Crippen LogP contribution in [0.1, 0.15) is 28.8 Å². The van der Waals surface area contributed by atoms with E-state index in [9.17, 15) is 31.9 Å². The van der Waals surface area contributed by atoms with Crippen molar-refractivity contribution < 1.29 is 31.9 Å². The van der Waals surface area contributed by atoms with Gasteiger partial charge in [-0.15, -0.1) is 0 Å². The molecule has 0 aromatic heterocycles. The number of amides is 4. The molecule has 2 aromatic carbocycles. The van der Waals surface area contributed by atoms with E-state index in [2.05, 4.69) is 16.0 Å². The van der Waals surface area contributed by atoms with E-state index >= 15 is 0 Å². The summed E-state index contributed by atoms with van der Waals surface area (Å²) in [6.45, 7) is -0.197. The van der Waals surface area contributed by atoms with Crippen molar-refractivity contribution in [1.29, 1.82) is 0 Å². The van der Waals surface area contributed by atoms with Gasteiger partial charge in [-0.1, -0.05) is 18.2 Å². The van der Waals surface area contributed by atoms with Crippen molar-refractivity contribution in [2.75, 3.05) is 6.54 Å². The Bertz CT molecular complexity index is 1060. The second-order valence-electron chi connectivity index (χ2n) is 7.57. The molecule has 0 bridgehead atoms. The average molecular weight is 435 g/mol. The van der Waals surface area contributed by atoms with Crippen molar-refractivity contribution >= 4 is 17.8 Å². The minimum absolute atomic E-state index is 0.0973. The Balaban J connectivity index is 1.60. The molecular weight excluding hydrogens is 418 g/mol. The van der Waals surface area contributed by atoms with Crippen molar-refractivity contribution in [3.8, 4) is 11.1 Å². The van der Waals surface area contributed by atoms with Gasteiger partial charge in [0.1, 0.15) is 11.4 Å². The molecule has 0 spiro atoms. The fourth-order valence-electron chi connectivity index (χ4n) is 3.79. The molecular formula is C21H17F4N3O3. The van der Waals surface area contributed by atoms with Crippen molar-refractivity contribution in [2.45, 2.75) is 24.6 Å². The van der Waals surface area contributed by atoms with Crippen LogP contribution in [0.3, 0.4) is 0 Å². The lowest BCUT2D eigenvalue weighted by Gasteiger charge is -2.26. The minimum Gasteiger partial charge on any atom is -0.349 e. The van der Waals surface area contributed by atoms with Crippen LogP contribution in [-0.2, 0) is 11.0 Å². The molecule has 4 amide bonds. The fraction of sp³-hybridized carbons (Fsp3) is 0.286. The highest BCUT2D eigenvalue weighted by Crippen LogP contribution is 2.41. The van der Waals surface area contributed by atoms with Gasteiger partial charge in [-0.3, -0.25) is 14.9 Å². The number of rotatable bonds is 5. The fourth-order valence-corrected chi connectivity index (χ4v) is 3.79. The molecule has 10 heteroatoms. The molecule has 2 aromatic rings. The molecule has 0 unspecified atom stereocenters. The van der Waals surface area contributed by atoms with Crippen LogP contribution in [0.5, 0.6) is 0 Å². The van der Waals surface area contributed by atoms with Crippen LogP contribution in [-0.4, -0.2) is 29.9 Å². The lowest BCUT2D eigenvalue weighted by atomic mass is 9.92. The smallest absolute Gasteiger partial charge is 0.349 e. The Labute approximate surface area is 174 Å². The molecule has 162 valence electrons. The van der Waals surface area contributed by atoms with E-state index in [-0.39, 0.29) is 29.2 Å². The molecule has 1 aliphatic carbocycles. The number of carbonyl (C=O) groups excluding carboxylic acids is 3. The van der Waals surface area contributed by atoms with Crippen LogP contribution in [0.25, 0.3) is 11.1 Å². The maximum atomic E-state index is 14.6. The summed E-state index contributed by atoms with van der Waals surface area (Å²) in [5, 5.41) is 7.30. The largest absolute Gasteiger partial charge is 0.416 e. The summed E-state index contributed by atoms with van der Waals surface area (Å²) < 4.78 is 53.0. The second-order valence-corrected chi connectivity index (χ2v) is 7.57. The van der Waals surface area contributed by atoms with E-state index in [1.807, 2.05) is 0 Å². The number of hydrogen-bond donors (Lipinski definition) is 3. The second kappa shape index (κ2) is 7.36. The van der Waals surface area contributed by atoms with Crippen molar-refractivity contribution in [2.24, 2.45) is 5.92 Å². The summed E-state index contributed by atoms with van der Waals surface area (Å²) in [5.74, 6) is -2.16. The number of imide groups is 1. The number of urea groups is 1. The quantitative estimate of drug-likeness (QED) is 0.498. The molecule has 1 atom stereocenters. The Morgan fingerprint density at radius 3 is 2.32 bits per heavy atom. The predicted molar refractivity (Wildman–Crippen MR) is 101 cm³/mol. The van der Waals surface area contributed by atoms with Crippen LogP contribution in [0.4, 0.5) is 22.4 Å². The maximum Gasteiger partial charge on any atom is 0.416 e. The van der Waals surface area contributed by atoms with E-state index in [4.69, 9.17) is 0 Å². The number of benzene rings is 2. The van der Waals surface area contributed by atoms with Gasteiger partial charge >= 0.3 is 12.2 Å². The lowest BCUT2D eigenvalue weighted by Crippen LogP contribution is -2.57. The molecule has 4 rings (SSSR count). The first-order valence-electron chi connectivity index (χ1n) is 9.50. The van der Waals surface area contributed by atoms with Gasteiger partial charge in [-0.2, -0.15) is 13.2 Å². The zero-order valence-electron chi connectivity index (χ0n) is 16.0. The minimum atomic E-state index is -4.54. The van der Waals surface area contributed by atoms with E-state index in [0.717, 1.165) is 30.3 Å². The first kappa shape index (κ1) is 20.8. The Morgan fingerprint density at radius 2 is 1.77 bits per heavy atom. The van der Waals surface area contributed by atoms with E-state index in [0.29, 0.717) is 12.8 Å². The summed E-state index contributed by atoms with van der Waals surface area (Å²) >= 11 is 0. The van der Waals surface area contributed by atoms with Crippen molar-refractivity contribution in [3.63, 3.8) is 0 Å². The molecule has 2 aliphatic rings. The van der Waals surface area contributed by atoms with Gasteiger partial charge in [-0.25, -0.2) is 9.18 Å². The van der Waals surface area contributed by atoms with Crippen LogP contribution < -0.4 is 16.0 Å². The van der Waals surface area contributed by atoms with E-state index in [1.54, 1.807) is 0 Å². The number of alkyl halides is 3. The lowest BCUT2D eigenvalue weighted by molar-refractivity contribution is -0.137. The highest BCUT2D eigenvalue weighted by molar-refractivity contribution is 6.08. The van der Waals surface area contributed by atoms with Crippen LogP contribution in [0, 0.1) is 11.7 Å².